The third-order valence-electron chi connectivity index (χ3n) is 2.79. The number of hydrogen-bond donors (Lipinski definition) is 0. The first-order valence-electron chi connectivity index (χ1n) is 6.33. The molecule has 0 saturated heterocycles. The first-order chi connectivity index (χ1) is 10.6. The Bertz CT molecular complexity index is 826. The minimum atomic E-state index is -0.565. The Morgan fingerprint density at radius 1 is 1.36 bits per heavy atom. The van der Waals surface area contributed by atoms with Gasteiger partial charge in [-0.3, -0.25) is 0 Å². The summed E-state index contributed by atoms with van der Waals surface area (Å²) in [4.78, 5) is 11.7. The molecule has 0 aliphatic rings. The van der Waals surface area contributed by atoms with Crippen molar-refractivity contribution in [3.8, 4) is 17.4 Å². The van der Waals surface area contributed by atoms with E-state index in [0.29, 0.717) is 16.5 Å². The van der Waals surface area contributed by atoms with Crippen LogP contribution in [-0.4, -0.2) is 16.4 Å². The standard InChI is InChI=1S/C14H10BrClN2O4/c15-10-8-9(16)3-4-11(10)21-7-5-18-14(19)22-13(17-18)12-2-1-6-20-12/h1-4,6,8H,5,7H2. The van der Waals surface area contributed by atoms with Crippen molar-refractivity contribution in [2.24, 2.45) is 0 Å². The van der Waals surface area contributed by atoms with Crippen molar-refractivity contribution in [3.05, 3.63) is 56.6 Å². The lowest BCUT2D eigenvalue weighted by Gasteiger charge is -2.07. The van der Waals surface area contributed by atoms with E-state index in [4.69, 9.17) is 25.2 Å². The average molecular weight is 386 g/mol. The summed E-state index contributed by atoms with van der Waals surface area (Å²) in [6, 6.07) is 8.55. The molecule has 0 radical (unpaired) electrons. The van der Waals surface area contributed by atoms with Gasteiger partial charge < -0.3 is 13.6 Å². The van der Waals surface area contributed by atoms with E-state index >= 15 is 0 Å². The maximum absolute atomic E-state index is 11.7. The number of halogens is 2. The van der Waals surface area contributed by atoms with Crippen molar-refractivity contribution in [2.45, 2.75) is 6.54 Å². The molecule has 0 fully saturated rings. The molecule has 0 N–H and O–H groups in total. The molecule has 0 bridgehead atoms. The molecule has 0 unspecified atom stereocenters. The van der Waals surface area contributed by atoms with Gasteiger partial charge in [0, 0.05) is 5.02 Å². The van der Waals surface area contributed by atoms with Crippen LogP contribution in [0.25, 0.3) is 11.7 Å². The quantitative estimate of drug-likeness (QED) is 0.671. The minimum absolute atomic E-state index is 0.141. The van der Waals surface area contributed by atoms with Crippen LogP contribution in [0.1, 0.15) is 0 Å². The summed E-state index contributed by atoms with van der Waals surface area (Å²) in [5.41, 5.74) is 0. The van der Waals surface area contributed by atoms with Crippen molar-refractivity contribution in [2.75, 3.05) is 6.61 Å². The van der Waals surface area contributed by atoms with E-state index in [1.807, 2.05) is 0 Å². The monoisotopic (exact) mass is 384 g/mol. The van der Waals surface area contributed by atoms with Gasteiger partial charge in [-0.2, -0.15) is 4.68 Å². The van der Waals surface area contributed by atoms with Crippen molar-refractivity contribution in [1.82, 2.24) is 9.78 Å². The third kappa shape index (κ3) is 3.26. The molecule has 6 nitrogen and oxygen atoms in total. The largest absolute Gasteiger partial charge is 0.490 e. The number of benzene rings is 1. The van der Waals surface area contributed by atoms with Gasteiger partial charge in [-0.1, -0.05) is 11.6 Å². The molecule has 0 aliphatic heterocycles. The second-order valence-electron chi connectivity index (χ2n) is 4.30. The van der Waals surface area contributed by atoms with Crippen LogP contribution in [0, 0.1) is 0 Å². The van der Waals surface area contributed by atoms with Crippen LogP contribution in [0.4, 0.5) is 0 Å². The van der Waals surface area contributed by atoms with E-state index in [1.165, 1.54) is 10.9 Å². The van der Waals surface area contributed by atoms with Crippen LogP contribution in [0.2, 0.25) is 5.02 Å². The summed E-state index contributed by atoms with van der Waals surface area (Å²) in [6.45, 7) is 0.502. The average Bonchev–Trinajstić information content (AvgIpc) is 3.11. The van der Waals surface area contributed by atoms with Crippen molar-refractivity contribution < 1.29 is 13.6 Å². The van der Waals surface area contributed by atoms with Gasteiger partial charge in [-0.15, -0.1) is 5.10 Å². The van der Waals surface area contributed by atoms with Crippen LogP contribution in [-0.2, 0) is 6.54 Å². The number of rotatable bonds is 5. The van der Waals surface area contributed by atoms with Crippen molar-refractivity contribution in [1.29, 1.82) is 0 Å². The maximum atomic E-state index is 11.7. The van der Waals surface area contributed by atoms with Gasteiger partial charge >= 0.3 is 5.76 Å². The van der Waals surface area contributed by atoms with Gasteiger partial charge in [-0.25, -0.2) is 4.79 Å². The molecule has 0 atom stereocenters. The molecule has 2 aromatic heterocycles. The normalized spacial score (nSPS) is 10.8. The third-order valence-corrected chi connectivity index (χ3v) is 3.65. The Labute approximate surface area is 138 Å². The van der Waals surface area contributed by atoms with Gasteiger partial charge in [0.15, 0.2) is 5.76 Å². The van der Waals surface area contributed by atoms with Gasteiger partial charge in [-0.05, 0) is 46.3 Å². The van der Waals surface area contributed by atoms with Crippen LogP contribution < -0.4 is 10.5 Å². The summed E-state index contributed by atoms with van der Waals surface area (Å²) < 4.78 is 17.7. The zero-order valence-corrected chi connectivity index (χ0v) is 13.5. The molecular weight excluding hydrogens is 376 g/mol. The Morgan fingerprint density at radius 3 is 2.95 bits per heavy atom. The minimum Gasteiger partial charge on any atom is -0.490 e. The van der Waals surface area contributed by atoms with E-state index in [1.54, 1.807) is 30.3 Å². The number of aromatic nitrogens is 2. The van der Waals surface area contributed by atoms with E-state index in [0.717, 1.165) is 4.47 Å². The number of furan rings is 1. The highest BCUT2D eigenvalue weighted by molar-refractivity contribution is 9.10. The highest BCUT2D eigenvalue weighted by Crippen LogP contribution is 2.27. The molecule has 0 amide bonds. The SMILES string of the molecule is O=c1oc(-c2ccco2)nn1CCOc1ccc(Cl)cc1Br. The Balaban J connectivity index is 1.66. The molecule has 8 heteroatoms. The fraction of sp³-hybridized carbons (Fsp3) is 0.143. The highest BCUT2D eigenvalue weighted by atomic mass is 79.9. The summed E-state index contributed by atoms with van der Waals surface area (Å²) in [7, 11) is 0. The summed E-state index contributed by atoms with van der Waals surface area (Å²) in [5.74, 6) is 0.609. The van der Waals surface area contributed by atoms with Crippen LogP contribution >= 0.6 is 27.5 Å². The first-order valence-corrected chi connectivity index (χ1v) is 7.50. The van der Waals surface area contributed by atoms with Crippen molar-refractivity contribution >= 4 is 27.5 Å². The predicted octanol–water partition coefficient (Wildman–Crippen LogP) is 3.59. The molecule has 3 aromatic rings. The molecule has 0 aliphatic carbocycles. The lowest BCUT2D eigenvalue weighted by molar-refractivity contribution is 0.284. The van der Waals surface area contributed by atoms with E-state index in [-0.39, 0.29) is 19.0 Å². The molecule has 1 aromatic carbocycles. The Hall–Kier alpha value is -1.99. The second kappa shape index (κ2) is 6.41. The Morgan fingerprint density at radius 2 is 2.23 bits per heavy atom. The number of hydrogen-bond acceptors (Lipinski definition) is 5. The topological polar surface area (TPSA) is 70.4 Å². The number of nitrogens with zero attached hydrogens (tertiary/aromatic N) is 2. The molecule has 3 rings (SSSR count). The summed E-state index contributed by atoms with van der Waals surface area (Å²) in [5, 5.41) is 4.66. The molecule has 2 heterocycles. The second-order valence-corrected chi connectivity index (χ2v) is 5.59. The lowest BCUT2D eigenvalue weighted by atomic mass is 10.3. The predicted molar refractivity (Wildman–Crippen MR) is 83.1 cm³/mol. The smallest absolute Gasteiger partial charge is 0.437 e. The zero-order valence-electron chi connectivity index (χ0n) is 11.2. The van der Waals surface area contributed by atoms with Gasteiger partial charge in [0.05, 0.1) is 17.3 Å². The molecule has 0 saturated carbocycles. The van der Waals surface area contributed by atoms with Gasteiger partial charge in [0.2, 0.25) is 0 Å². The lowest BCUT2D eigenvalue weighted by Crippen LogP contribution is -2.20. The van der Waals surface area contributed by atoms with Gasteiger partial charge in [0.1, 0.15) is 12.4 Å². The molecule has 0 spiro atoms. The molecule has 114 valence electrons. The summed E-state index contributed by atoms with van der Waals surface area (Å²) >= 11 is 9.21. The van der Waals surface area contributed by atoms with Crippen LogP contribution in [0.3, 0.4) is 0 Å². The fourth-order valence-corrected chi connectivity index (χ4v) is 2.58. The highest BCUT2D eigenvalue weighted by Gasteiger charge is 2.12. The van der Waals surface area contributed by atoms with Crippen molar-refractivity contribution in [3.63, 3.8) is 0 Å². The van der Waals surface area contributed by atoms with Crippen LogP contribution in [0.5, 0.6) is 5.75 Å². The van der Waals surface area contributed by atoms with E-state index in [9.17, 15) is 4.79 Å². The van der Waals surface area contributed by atoms with E-state index in [2.05, 4.69) is 21.0 Å². The van der Waals surface area contributed by atoms with Crippen LogP contribution in [0.15, 0.2) is 54.7 Å². The molecule has 22 heavy (non-hydrogen) atoms. The van der Waals surface area contributed by atoms with Gasteiger partial charge in [0.25, 0.3) is 5.89 Å². The fourth-order valence-electron chi connectivity index (χ4n) is 1.78. The molecular formula is C14H10BrClN2O4. The number of ether oxygens (including phenoxy) is 1. The maximum Gasteiger partial charge on any atom is 0.437 e. The zero-order chi connectivity index (χ0) is 15.5. The summed E-state index contributed by atoms with van der Waals surface area (Å²) in [6.07, 6.45) is 1.48. The van der Waals surface area contributed by atoms with E-state index < -0.39 is 5.76 Å². The first kappa shape index (κ1) is 14.9. The Kier molecular flexibility index (Phi) is 4.35.